The average Bonchev–Trinajstić information content (AvgIpc) is 2.99. The summed E-state index contributed by atoms with van der Waals surface area (Å²) in [6.07, 6.45) is 1.26. The van der Waals surface area contributed by atoms with Gasteiger partial charge in [-0.15, -0.1) is 0 Å². The van der Waals surface area contributed by atoms with Crippen molar-refractivity contribution in [2.75, 3.05) is 6.61 Å². The third-order valence-corrected chi connectivity index (χ3v) is 4.43. The number of nitriles is 1. The van der Waals surface area contributed by atoms with Crippen molar-refractivity contribution in [1.29, 1.82) is 5.26 Å². The summed E-state index contributed by atoms with van der Waals surface area (Å²) in [5.41, 5.74) is 2.49. The Morgan fingerprint density at radius 3 is 2.54 bits per heavy atom. The van der Waals surface area contributed by atoms with Gasteiger partial charge in [-0.3, -0.25) is 0 Å². The summed E-state index contributed by atoms with van der Waals surface area (Å²) in [5, 5.41) is 10.8. The highest BCUT2D eigenvalue weighted by atomic mass is 35.5. The molecule has 0 bridgehead atoms. The van der Waals surface area contributed by atoms with Crippen LogP contribution in [0.1, 0.15) is 25.3 Å². The number of fused-ring (bicyclic) bond motifs is 1. The van der Waals surface area contributed by atoms with E-state index in [1.807, 2.05) is 13.0 Å². The van der Waals surface area contributed by atoms with E-state index >= 15 is 0 Å². The molecule has 1 aromatic heterocycles. The minimum Gasteiger partial charge on any atom is -0.449 e. The largest absolute Gasteiger partial charge is 0.449 e. The highest BCUT2D eigenvalue weighted by Gasteiger charge is 2.18. The molecule has 0 saturated heterocycles. The maximum Gasteiger partial charge on any atom is 0.418 e. The SMILES string of the molecule is CCCCOC(=O)n1c(-c2cc(Cl)cc(Cl)c2)cc2cc(C#N)ccc21. The van der Waals surface area contributed by atoms with Crippen molar-refractivity contribution in [1.82, 2.24) is 4.57 Å². The third kappa shape index (κ3) is 3.70. The smallest absolute Gasteiger partial charge is 0.418 e. The Kier molecular flexibility index (Phi) is 5.51. The molecule has 0 fully saturated rings. The molecule has 0 atom stereocenters. The summed E-state index contributed by atoms with van der Waals surface area (Å²) in [6, 6.07) is 14.2. The Balaban J connectivity index is 2.18. The Bertz CT molecular complexity index is 998. The summed E-state index contributed by atoms with van der Waals surface area (Å²) in [7, 11) is 0. The molecule has 0 aliphatic rings. The van der Waals surface area contributed by atoms with Gasteiger partial charge in [-0.25, -0.2) is 9.36 Å². The summed E-state index contributed by atoms with van der Waals surface area (Å²) in [4.78, 5) is 12.7. The van der Waals surface area contributed by atoms with E-state index in [1.54, 1.807) is 36.4 Å². The van der Waals surface area contributed by atoms with Gasteiger partial charge in [0.25, 0.3) is 0 Å². The van der Waals surface area contributed by atoms with E-state index in [2.05, 4.69) is 6.07 Å². The monoisotopic (exact) mass is 386 g/mol. The highest BCUT2D eigenvalue weighted by Crippen LogP contribution is 2.32. The minimum absolute atomic E-state index is 0.348. The lowest BCUT2D eigenvalue weighted by molar-refractivity contribution is 0.147. The van der Waals surface area contributed by atoms with Gasteiger partial charge >= 0.3 is 6.09 Å². The Hall–Kier alpha value is -2.48. The molecule has 2 aromatic carbocycles. The van der Waals surface area contributed by atoms with Crippen LogP contribution in [-0.2, 0) is 4.74 Å². The lowest BCUT2D eigenvalue weighted by Crippen LogP contribution is -2.15. The predicted octanol–water partition coefficient (Wildman–Crippen LogP) is 6.27. The second-order valence-corrected chi connectivity index (χ2v) is 6.75. The normalized spacial score (nSPS) is 10.7. The molecule has 0 saturated carbocycles. The Morgan fingerprint density at radius 2 is 1.88 bits per heavy atom. The molecule has 0 unspecified atom stereocenters. The van der Waals surface area contributed by atoms with Crippen molar-refractivity contribution in [3.8, 4) is 17.3 Å². The number of aromatic nitrogens is 1. The number of benzene rings is 2. The molecule has 0 aliphatic carbocycles. The van der Waals surface area contributed by atoms with Gasteiger partial charge in [0.05, 0.1) is 29.5 Å². The highest BCUT2D eigenvalue weighted by molar-refractivity contribution is 6.35. The number of halogens is 2. The summed E-state index contributed by atoms with van der Waals surface area (Å²) < 4.78 is 6.90. The molecule has 6 heteroatoms. The van der Waals surface area contributed by atoms with E-state index in [-0.39, 0.29) is 0 Å². The number of carbonyl (C=O) groups excluding carboxylic acids is 1. The molecule has 3 aromatic rings. The van der Waals surface area contributed by atoms with Crippen LogP contribution in [0.4, 0.5) is 4.79 Å². The standard InChI is InChI=1S/C20H16Cl2N2O2/c1-2-3-6-26-20(25)24-18-5-4-13(12-23)7-14(18)10-19(24)15-8-16(21)11-17(22)9-15/h4-5,7-11H,2-3,6H2,1H3. The van der Waals surface area contributed by atoms with Crippen LogP contribution in [0.5, 0.6) is 0 Å². The summed E-state index contributed by atoms with van der Waals surface area (Å²) in [5.74, 6) is 0. The maximum absolute atomic E-state index is 12.7. The van der Waals surface area contributed by atoms with Gasteiger partial charge in [0, 0.05) is 21.0 Å². The van der Waals surface area contributed by atoms with Crippen LogP contribution in [-0.4, -0.2) is 17.3 Å². The second-order valence-electron chi connectivity index (χ2n) is 5.88. The number of rotatable bonds is 4. The fourth-order valence-electron chi connectivity index (χ4n) is 2.76. The van der Waals surface area contributed by atoms with Crippen LogP contribution in [0, 0.1) is 11.3 Å². The number of hydrogen-bond acceptors (Lipinski definition) is 3. The van der Waals surface area contributed by atoms with Crippen LogP contribution >= 0.6 is 23.2 Å². The first kappa shape index (κ1) is 18.3. The van der Waals surface area contributed by atoms with Crippen molar-refractivity contribution < 1.29 is 9.53 Å². The van der Waals surface area contributed by atoms with Crippen LogP contribution in [0.15, 0.2) is 42.5 Å². The van der Waals surface area contributed by atoms with Crippen LogP contribution in [0.2, 0.25) is 10.0 Å². The third-order valence-electron chi connectivity index (χ3n) is 3.99. The summed E-state index contributed by atoms with van der Waals surface area (Å²) in [6.45, 7) is 2.38. The van der Waals surface area contributed by atoms with Crippen LogP contribution < -0.4 is 0 Å². The molecule has 0 aliphatic heterocycles. The number of nitrogens with zero attached hydrogens (tertiary/aromatic N) is 2. The molecule has 0 radical (unpaired) electrons. The first-order valence-electron chi connectivity index (χ1n) is 8.22. The average molecular weight is 387 g/mol. The molecule has 26 heavy (non-hydrogen) atoms. The minimum atomic E-state index is -0.468. The van der Waals surface area contributed by atoms with E-state index in [0.29, 0.717) is 39.0 Å². The molecule has 0 amide bonds. The maximum atomic E-state index is 12.7. The lowest BCUT2D eigenvalue weighted by atomic mass is 10.1. The Morgan fingerprint density at radius 1 is 1.15 bits per heavy atom. The van der Waals surface area contributed by atoms with E-state index in [4.69, 9.17) is 33.2 Å². The van der Waals surface area contributed by atoms with Crippen molar-refractivity contribution in [3.63, 3.8) is 0 Å². The number of unbranched alkanes of at least 4 members (excludes halogenated alkanes) is 1. The zero-order valence-electron chi connectivity index (χ0n) is 14.1. The van der Waals surface area contributed by atoms with E-state index in [1.165, 1.54) is 4.57 Å². The van der Waals surface area contributed by atoms with Crippen molar-refractivity contribution in [3.05, 3.63) is 58.1 Å². The van der Waals surface area contributed by atoms with Gasteiger partial charge in [-0.05, 0) is 48.9 Å². The van der Waals surface area contributed by atoms with E-state index < -0.39 is 6.09 Å². The van der Waals surface area contributed by atoms with Crippen molar-refractivity contribution in [2.45, 2.75) is 19.8 Å². The van der Waals surface area contributed by atoms with Gasteiger partial charge in [0.2, 0.25) is 0 Å². The molecule has 1 heterocycles. The second kappa shape index (κ2) is 7.82. The predicted molar refractivity (Wildman–Crippen MR) is 104 cm³/mol. The van der Waals surface area contributed by atoms with E-state index in [9.17, 15) is 4.79 Å². The van der Waals surface area contributed by atoms with E-state index in [0.717, 1.165) is 18.2 Å². The first-order valence-corrected chi connectivity index (χ1v) is 8.98. The fourth-order valence-corrected chi connectivity index (χ4v) is 3.29. The van der Waals surface area contributed by atoms with Crippen molar-refractivity contribution >= 4 is 40.2 Å². The molecule has 0 N–H and O–H groups in total. The van der Waals surface area contributed by atoms with Crippen molar-refractivity contribution in [2.24, 2.45) is 0 Å². The molecular formula is C20H16Cl2N2O2. The van der Waals surface area contributed by atoms with Gasteiger partial charge < -0.3 is 4.74 Å². The molecule has 132 valence electrons. The lowest BCUT2D eigenvalue weighted by Gasteiger charge is -2.11. The zero-order chi connectivity index (χ0) is 18.7. The van der Waals surface area contributed by atoms with Gasteiger partial charge in [0.15, 0.2) is 0 Å². The number of carbonyl (C=O) groups is 1. The topological polar surface area (TPSA) is 55.0 Å². The van der Waals surface area contributed by atoms with Crippen LogP contribution in [0.25, 0.3) is 22.2 Å². The number of hydrogen-bond donors (Lipinski definition) is 0. The number of ether oxygens (including phenoxy) is 1. The van der Waals surface area contributed by atoms with Gasteiger partial charge in [-0.1, -0.05) is 36.5 Å². The zero-order valence-corrected chi connectivity index (χ0v) is 15.6. The van der Waals surface area contributed by atoms with Crippen LogP contribution in [0.3, 0.4) is 0 Å². The molecule has 0 spiro atoms. The first-order chi connectivity index (χ1) is 12.5. The van der Waals surface area contributed by atoms with Gasteiger partial charge in [-0.2, -0.15) is 5.26 Å². The fraction of sp³-hybridized carbons (Fsp3) is 0.200. The summed E-state index contributed by atoms with van der Waals surface area (Å²) >= 11 is 12.3. The molecule has 3 rings (SSSR count). The Labute approximate surface area is 161 Å². The molecular weight excluding hydrogens is 371 g/mol. The quantitative estimate of drug-likeness (QED) is 0.496. The van der Waals surface area contributed by atoms with Gasteiger partial charge in [0.1, 0.15) is 0 Å². The molecule has 4 nitrogen and oxygen atoms in total.